The summed E-state index contributed by atoms with van der Waals surface area (Å²) in [6.07, 6.45) is 12.7. The summed E-state index contributed by atoms with van der Waals surface area (Å²) in [4.78, 5) is 7.81. The third kappa shape index (κ3) is 7.23. The van der Waals surface area contributed by atoms with Crippen LogP contribution in [0.2, 0.25) is 0 Å². The van der Waals surface area contributed by atoms with Gasteiger partial charge in [-0.15, -0.1) is 0 Å². The van der Waals surface area contributed by atoms with Crippen LogP contribution in [0.3, 0.4) is 0 Å². The van der Waals surface area contributed by atoms with Crippen molar-refractivity contribution in [2.45, 2.75) is 40.0 Å². The number of benzene rings is 8. The molecule has 0 spiro atoms. The molecule has 322 valence electrons. The van der Waals surface area contributed by atoms with E-state index in [1.807, 2.05) is 19.9 Å². The first-order chi connectivity index (χ1) is 32.4. The van der Waals surface area contributed by atoms with Crippen molar-refractivity contribution in [3.8, 4) is 5.69 Å². The molecule has 1 aliphatic rings. The predicted octanol–water partition coefficient (Wildman–Crippen LogP) is 16.9. The molecule has 0 atom stereocenters. The maximum absolute atomic E-state index is 5.43. The van der Waals surface area contributed by atoms with Crippen molar-refractivity contribution in [1.82, 2.24) is 9.55 Å². The van der Waals surface area contributed by atoms with Crippen molar-refractivity contribution < 1.29 is 0 Å². The normalized spacial score (nSPS) is 13.7. The number of rotatable bonds is 10. The highest BCUT2D eigenvalue weighted by Gasteiger charge is 2.46. The van der Waals surface area contributed by atoms with Gasteiger partial charge in [-0.2, -0.15) is 0 Å². The largest absolute Gasteiger partial charge is 0.316 e. The van der Waals surface area contributed by atoms with E-state index >= 15 is 0 Å². The molecule has 0 N–H and O–H groups in total. The number of imidazole rings is 1. The molecule has 66 heavy (non-hydrogen) atoms. The van der Waals surface area contributed by atoms with Crippen LogP contribution in [0.15, 0.2) is 243 Å². The van der Waals surface area contributed by atoms with Gasteiger partial charge in [-0.25, -0.2) is 4.98 Å². The highest BCUT2D eigenvalue weighted by Crippen LogP contribution is 2.57. The summed E-state index contributed by atoms with van der Waals surface area (Å²) >= 11 is 0. The Morgan fingerprint density at radius 1 is 0.591 bits per heavy atom. The molecule has 0 unspecified atom stereocenters. The molecule has 3 heteroatoms. The van der Waals surface area contributed by atoms with Crippen LogP contribution < -0.4 is 4.90 Å². The lowest BCUT2D eigenvalue weighted by molar-refractivity contribution is 0.730. The Morgan fingerprint density at radius 2 is 1.14 bits per heavy atom. The van der Waals surface area contributed by atoms with Crippen molar-refractivity contribution in [2.75, 3.05) is 4.90 Å². The monoisotopic (exact) mass is 853 g/mol. The van der Waals surface area contributed by atoms with Gasteiger partial charge in [0.2, 0.25) is 0 Å². The number of hydrogen-bond acceptors (Lipinski definition) is 2. The van der Waals surface area contributed by atoms with Gasteiger partial charge in [0.05, 0.1) is 27.8 Å². The molecule has 0 saturated carbocycles. The van der Waals surface area contributed by atoms with Crippen LogP contribution in [0, 0.1) is 0 Å². The lowest BCUT2D eigenvalue weighted by Gasteiger charge is -2.46. The number of para-hydroxylation sites is 3. The minimum Gasteiger partial charge on any atom is -0.316 e. The lowest BCUT2D eigenvalue weighted by Crippen LogP contribution is -2.38. The summed E-state index contributed by atoms with van der Waals surface area (Å²) in [5, 5.41) is 4.68. The van der Waals surface area contributed by atoms with E-state index in [9.17, 15) is 0 Å². The second-order valence-electron chi connectivity index (χ2n) is 16.5. The summed E-state index contributed by atoms with van der Waals surface area (Å²) in [5.74, 6) is 0.833. The van der Waals surface area contributed by atoms with Gasteiger partial charge in [0.25, 0.3) is 0 Å². The van der Waals surface area contributed by atoms with Crippen LogP contribution in [0.1, 0.15) is 68.3 Å². The number of nitrogens with zero attached hydrogens (tertiary/aromatic N) is 3. The molecule has 0 saturated heterocycles. The number of hydrogen-bond donors (Lipinski definition) is 0. The Labute approximate surface area is 390 Å². The van der Waals surface area contributed by atoms with Gasteiger partial charge in [-0.05, 0) is 88.7 Å². The molecule has 3 nitrogen and oxygen atoms in total. The zero-order chi connectivity index (χ0) is 45.8. The molecule has 0 radical (unpaired) electrons. The summed E-state index contributed by atoms with van der Waals surface area (Å²) in [6, 6.07) is 65.3. The first-order valence-corrected chi connectivity index (χ1v) is 23.0. The molecule has 2 heterocycles. The first-order valence-electron chi connectivity index (χ1n) is 23.0. The van der Waals surface area contributed by atoms with E-state index in [-0.39, 0.29) is 0 Å². The summed E-state index contributed by atoms with van der Waals surface area (Å²) in [6.45, 7) is 19.4. The van der Waals surface area contributed by atoms with E-state index in [4.69, 9.17) is 4.98 Å². The Hall–Kier alpha value is -8.01. The number of fused-ring (bicyclic) bond motifs is 8. The van der Waals surface area contributed by atoms with Crippen LogP contribution in [0.4, 0.5) is 11.4 Å². The maximum Gasteiger partial charge on any atom is 0.145 e. The van der Waals surface area contributed by atoms with Crippen LogP contribution in [0.25, 0.3) is 49.4 Å². The van der Waals surface area contributed by atoms with Gasteiger partial charge >= 0.3 is 0 Å². The van der Waals surface area contributed by atoms with E-state index in [1.54, 1.807) is 0 Å². The highest BCUT2D eigenvalue weighted by molar-refractivity contribution is 6.24. The third-order valence-corrected chi connectivity index (χ3v) is 12.8. The average molecular weight is 854 g/mol. The SMILES string of the molecule is C=C/C(=C\C=C(/C)C(=C)/C=C(\C)c1cccc2c1N(/C=C/C)c1ccccc1C2(c1ccccc1)c1ccccc1)c1nc2c3ccccc3c3ccccc3c2n1-c1ccccc1.CC. The molecule has 9 aromatic rings. The fraction of sp³-hybridized carbons (Fsp3) is 0.0952. The molecule has 1 aromatic heterocycles. The molecule has 0 fully saturated rings. The molecule has 8 aromatic carbocycles. The van der Waals surface area contributed by atoms with Crippen molar-refractivity contribution in [3.63, 3.8) is 0 Å². The number of aromatic nitrogens is 2. The molecular weight excluding hydrogens is 799 g/mol. The highest BCUT2D eigenvalue weighted by atomic mass is 15.1. The van der Waals surface area contributed by atoms with Crippen LogP contribution in [-0.4, -0.2) is 9.55 Å². The molecule has 1 aliphatic heterocycles. The van der Waals surface area contributed by atoms with E-state index in [0.29, 0.717) is 0 Å². The summed E-state index contributed by atoms with van der Waals surface area (Å²) < 4.78 is 2.29. The van der Waals surface area contributed by atoms with Gasteiger partial charge in [0.15, 0.2) is 0 Å². The van der Waals surface area contributed by atoms with Gasteiger partial charge in [-0.3, -0.25) is 4.57 Å². The van der Waals surface area contributed by atoms with E-state index in [2.05, 4.69) is 256 Å². The smallest absolute Gasteiger partial charge is 0.145 e. The van der Waals surface area contributed by atoms with Crippen molar-refractivity contribution >= 4 is 55.1 Å². The molecular formula is C63H55N3. The summed E-state index contributed by atoms with van der Waals surface area (Å²) in [7, 11) is 0. The van der Waals surface area contributed by atoms with Crippen molar-refractivity contribution in [2.24, 2.45) is 0 Å². The Morgan fingerprint density at radius 3 is 1.77 bits per heavy atom. The van der Waals surface area contributed by atoms with Gasteiger partial charge in [0, 0.05) is 33.8 Å². The standard InChI is InChI=1S/C61H49N3.C2H6/c1-6-40-63-56-37-22-21-35-54(56)61(46-24-11-8-12-25-46,47-26-13-9-14-27-47)55-36-23-34-49(58(55)63)44(5)41-43(4)42(3)38-39-45(7-2)60-62-57-52-32-19-17-30-50(52)51-31-18-20-33-53(51)59(57)64(60)48-28-15-10-16-29-48;1-2/h6-41H,2,4H2,1,3,5H3;1-2H3/b40-6+,42-38+,44-41+,45-39+;. The number of allylic oxidation sites excluding steroid dienone is 9. The zero-order valence-electron chi connectivity index (χ0n) is 38.5. The van der Waals surface area contributed by atoms with Gasteiger partial charge in [0.1, 0.15) is 5.82 Å². The lowest BCUT2D eigenvalue weighted by atomic mass is 9.62. The number of anilines is 2. The third-order valence-electron chi connectivity index (χ3n) is 12.8. The van der Waals surface area contributed by atoms with E-state index < -0.39 is 5.41 Å². The average Bonchev–Trinajstić information content (AvgIpc) is 3.79. The van der Waals surface area contributed by atoms with Crippen molar-refractivity contribution in [3.05, 3.63) is 277 Å². The van der Waals surface area contributed by atoms with Crippen LogP contribution in [0.5, 0.6) is 0 Å². The summed E-state index contributed by atoms with van der Waals surface area (Å²) in [5.41, 5.74) is 14.9. The minimum absolute atomic E-state index is 0.559. The Kier molecular flexibility index (Phi) is 12.2. The molecule has 0 bridgehead atoms. The maximum atomic E-state index is 5.43. The second-order valence-corrected chi connectivity index (χ2v) is 16.5. The van der Waals surface area contributed by atoms with E-state index in [1.165, 1.54) is 33.0 Å². The van der Waals surface area contributed by atoms with Gasteiger partial charge < -0.3 is 4.90 Å². The predicted molar refractivity (Wildman–Crippen MR) is 284 cm³/mol. The Bertz CT molecular complexity index is 3340. The fourth-order valence-electron chi connectivity index (χ4n) is 9.90. The minimum atomic E-state index is -0.559. The quantitative estimate of drug-likeness (QED) is 0.101. The van der Waals surface area contributed by atoms with Crippen LogP contribution >= 0.6 is 0 Å². The molecule has 0 aliphatic carbocycles. The second kappa shape index (κ2) is 18.6. The molecule has 0 amide bonds. The van der Waals surface area contributed by atoms with Crippen LogP contribution in [-0.2, 0) is 5.41 Å². The van der Waals surface area contributed by atoms with Crippen molar-refractivity contribution in [1.29, 1.82) is 0 Å². The fourth-order valence-corrected chi connectivity index (χ4v) is 9.90. The molecule has 10 rings (SSSR count). The Balaban J connectivity index is 0.00000270. The first kappa shape index (κ1) is 43.3. The van der Waals surface area contributed by atoms with Gasteiger partial charge in [-0.1, -0.05) is 221 Å². The van der Waals surface area contributed by atoms with E-state index in [0.717, 1.165) is 72.5 Å². The topological polar surface area (TPSA) is 21.1 Å². The zero-order valence-corrected chi connectivity index (χ0v) is 38.5.